The van der Waals surface area contributed by atoms with Gasteiger partial charge in [-0.1, -0.05) is 11.6 Å². The Morgan fingerprint density at radius 3 is 2.84 bits per heavy atom. The van der Waals surface area contributed by atoms with E-state index >= 15 is 0 Å². The number of rotatable bonds is 8. The molecule has 0 spiro atoms. The quantitative estimate of drug-likeness (QED) is 0.246. The second kappa shape index (κ2) is 8.29. The summed E-state index contributed by atoms with van der Waals surface area (Å²) < 4.78 is 10.9. The lowest BCUT2D eigenvalue weighted by Gasteiger charge is -2.08. The first-order chi connectivity index (χ1) is 9.13. The summed E-state index contributed by atoms with van der Waals surface area (Å²) in [6, 6.07) is 6.82. The zero-order valence-electron chi connectivity index (χ0n) is 11.1. The molecule has 3 N–H and O–H groups in total. The molecule has 0 saturated heterocycles. The van der Waals surface area contributed by atoms with Gasteiger partial charge in [-0.25, -0.2) is 5.84 Å². The van der Waals surface area contributed by atoms with Crippen LogP contribution >= 0.6 is 0 Å². The molecule has 0 aromatic heterocycles. The predicted octanol–water partition coefficient (Wildman–Crippen LogP) is 1.65. The van der Waals surface area contributed by atoms with E-state index in [0.29, 0.717) is 31.1 Å². The summed E-state index contributed by atoms with van der Waals surface area (Å²) in [6.45, 7) is 7.34. The first-order valence-electron chi connectivity index (χ1n) is 6.09. The molecular weight excluding hydrogens is 244 g/mol. The maximum absolute atomic E-state index is 11.3. The molecule has 0 saturated carbocycles. The molecule has 1 aromatic carbocycles. The molecule has 0 radical (unpaired) electrons. The van der Waals surface area contributed by atoms with E-state index in [0.717, 1.165) is 12.0 Å². The zero-order chi connectivity index (χ0) is 14.1. The topological polar surface area (TPSA) is 73.6 Å². The lowest BCUT2D eigenvalue weighted by atomic mass is 10.2. The van der Waals surface area contributed by atoms with Crippen molar-refractivity contribution in [1.82, 2.24) is 5.43 Å². The number of amides is 1. The number of hydrazine groups is 1. The second-order valence-corrected chi connectivity index (χ2v) is 4.17. The first kappa shape index (κ1) is 15.2. The number of carbonyl (C=O) groups is 1. The van der Waals surface area contributed by atoms with E-state index in [2.05, 4.69) is 12.0 Å². The van der Waals surface area contributed by atoms with Crippen molar-refractivity contribution in [2.75, 3.05) is 19.8 Å². The van der Waals surface area contributed by atoms with E-state index in [4.69, 9.17) is 15.3 Å². The van der Waals surface area contributed by atoms with E-state index in [9.17, 15) is 4.79 Å². The Kier molecular flexibility index (Phi) is 6.63. The van der Waals surface area contributed by atoms with Crippen LogP contribution < -0.4 is 16.0 Å². The number of nitrogens with two attached hydrogens (primary N) is 1. The normalized spacial score (nSPS) is 10.0. The van der Waals surface area contributed by atoms with Crippen LogP contribution in [0.3, 0.4) is 0 Å². The molecule has 5 nitrogen and oxygen atoms in total. The average Bonchev–Trinajstić information content (AvgIpc) is 2.41. The van der Waals surface area contributed by atoms with Gasteiger partial charge in [-0.05, 0) is 31.5 Å². The number of ether oxygens (including phenoxy) is 2. The summed E-state index contributed by atoms with van der Waals surface area (Å²) in [5.41, 5.74) is 3.64. The van der Waals surface area contributed by atoms with Crippen molar-refractivity contribution >= 4 is 5.91 Å². The van der Waals surface area contributed by atoms with Crippen LogP contribution in [0.1, 0.15) is 23.7 Å². The smallest absolute Gasteiger partial charge is 0.265 e. The number of nitrogens with one attached hydrogen (secondary N) is 1. The van der Waals surface area contributed by atoms with Gasteiger partial charge in [0.15, 0.2) is 0 Å². The number of hydrogen-bond acceptors (Lipinski definition) is 4. The Morgan fingerprint density at radius 1 is 1.37 bits per heavy atom. The van der Waals surface area contributed by atoms with Crippen LogP contribution in [-0.2, 0) is 4.74 Å². The van der Waals surface area contributed by atoms with Crippen LogP contribution in [-0.4, -0.2) is 25.7 Å². The summed E-state index contributed by atoms with van der Waals surface area (Å²) >= 11 is 0. The Balaban J connectivity index is 2.29. The minimum Gasteiger partial charge on any atom is -0.491 e. The third kappa shape index (κ3) is 6.03. The number of carbonyl (C=O) groups excluding carboxylic acids is 1. The fourth-order valence-electron chi connectivity index (χ4n) is 1.38. The summed E-state index contributed by atoms with van der Waals surface area (Å²) in [5, 5.41) is 0. The van der Waals surface area contributed by atoms with Crippen molar-refractivity contribution < 1.29 is 14.3 Å². The first-order valence-corrected chi connectivity index (χ1v) is 6.09. The molecule has 0 fully saturated rings. The van der Waals surface area contributed by atoms with Crippen molar-refractivity contribution in [3.8, 4) is 5.75 Å². The summed E-state index contributed by atoms with van der Waals surface area (Å²) in [6.07, 6.45) is 0.853. The SMILES string of the molecule is C=C(C)CCOCCOc1cccc(C(=O)NN)c1. The van der Waals surface area contributed by atoms with Gasteiger partial charge in [0.25, 0.3) is 5.91 Å². The molecular formula is C14H20N2O3. The summed E-state index contributed by atoms with van der Waals surface area (Å²) in [4.78, 5) is 11.3. The van der Waals surface area contributed by atoms with E-state index in [1.54, 1.807) is 24.3 Å². The Morgan fingerprint density at radius 2 is 2.16 bits per heavy atom. The molecule has 104 valence electrons. The third-order valence-electron chi connectivity index (χ3n) is 2.40. The highest BCUT2D eigenvalue weighted by atomic mass is 16.5. The number of nitrogen functional groups attached to an aromatic ring is 1. The molecule has 19 heavy (non-hydrogen) atoms. The van der Waals surface area contributed by atoms with Crippen molar-refractivity contribution in [3.63, 3.8) is 0 Å². The minimum atomic E-state index is -0.344. The molecule has 1 aromatic rings. The van der Waals surface area contributed by atoms with Gasteiger partial charge in [-0.3, -0.25) is 10.2 Å². The average molecular weight is 264 g/mol. The molecule has 0 aliphatic heterocycles. The van der Waals surface area contributed by atoms with E-state index in [1.807, 2.05) is 6.92 Å². The molecule has 0 bridgehead atoms. The van der Waals surface area contributed by atoms with Gasteiger partial charge >= 0.3 is 0 Å². The Hall–Kier alpha value is -1.85. The van der Waals surface area contributed by atoms with E-state index in [-0.39, 0.29) is 5.91 Å². The molecule has 5 heteroatoms. The molecule has 0 aliphatic carbocycles. The lowest BCUT2D eigenvalue weighted by molar-refractivity contribution is 0.0951. The van der Waals surface area contributed by atoms with Gasteiger partial charge < -0.3 is 9.47 Å². The van der Waals surface area contributed by atoms with Crippen LogP contribution in [0, 0.1) is 0 Å². The molecule has 0 unspecified atom stereocenters. The maximum atomic E-state index is 11.3. The van der Waals surface area contributed by atoms with Crippen molar-refractivity contribution in [3.05, 3.63) is 42.0 Å². The van der Waals surface area contributed by atoms with Crippen LogP contribution in [0.2, 0.25) is 0 Å². The standard InChI is InChI=1S/C14H20N2O3/c1-11(2)6-7-18-8-9-19-13-5-3-4-12(10-13)14(17)16-15/h3-5,10H,1,6-9,15H2,2H3,(H,16,17). The maximum Gasteiger partial charge on any atom is 0.265 e. The minimum absolute atomic E-state index is 0.344. The summed E-state index contributed by atoms with van der Waals surface area (Å²) in [7, 11) is 0. The fraction of sp³-hybridized carbons (Fsp3) is 0.357. The molecule has 0 heterocycles. The zero-order valence-corrected chi connectivity index (χ0v) is 11.1. The van der Waals surface area contributed by atoms with Crippen LogP contribution in [0.4, 0.5) is 0 Å². The van der Waals surface area contributed by atoms with Gasteiger partial charge in [0.2, 0.25) is 0 Å². The molecule has 0 atom stereocenters. The van der Waals surface area contributed by atoms with Gasteiger partial charge in [0.1, 0.15) is 12.4 Å². The van der Waals surface area contributed by atoms with Crippen LogP contribution in [0.5, 0.6) is 5.75 Å². The highest BCUT2D eigenvalue weighted by molar-refractivity contribution is 5.94. The molecule has 0 aliphatic rings. The van der Waals surface area contributed by atoms with E-state index < -0.39 is 0 Å². The van der Waals surface area contributed by atoms with Crippen molar-refractivity contribution in [2.45, 2.75) is 13.3 Å². The third-order valence-corrected chi connectivity index (χ3v) is 2.40. The second-order valence-electron chi connectivity index (χ2n) is 4.17. The van der Waals surface area contributed by atoms with E-state index in [1.165, 1.54) is 0 Å². The fourth-order valence-corrected chi connectivity index (χ4v) is 1.38. The molecule has 1 rings (SSSR count). The van der Waals surface area contributed by atoms with Crippen LogP contribution in [0.25, 0.3) is 0 Å². The van der Waals surface area contributed by atoms with Gasteiger partial charge in [0.05, 0.1) is 13.2 Å². The Bertz CT molecular complexity index is 432. The predicted molar refractivity (Wildman–Crippen MR) is 73.8 cm³/mol. The van der Waals surface area contributed by atoms with Gasteiger partial charge in [-0.2, -0.15) is 0 Å². The van der Waals surface area contributed by atoms with Gasteiger partial charge in [0, 0.05) is 5.56 Å². The highest BCUT2D eigenvalue weighted by Gasteiger charge is 2.04. The monoisotopic (exact) mass is 264 g/mol. The molecule has 1 amide bonds. The van der Waals surface area contributed by atoms with Crippen LogP contribution in [0.15, 0.2) is 36.4 Å². The van der Waals surface area contributed by atoms with Crippen molar-refractivity contribution in [2.24, 2.45) is 5.84 Å². The van der Waals surface area contributed by atoms with Crippen molar-refractivity contribution in [1.29, 1.82) is 0 Å². The highest BCUT2D eigenvalue weighted by Crippen LogP contribution is 2.13. The van der Waals surface area contributed by atoms with Gasteiger partial charge in [-0.15, -0.1) is 6.58 Å². The summed E-state index contributed by atoms with van der Waals surface area (Å²) in [5.74, 6) is 5.34. The Labute approximate surface area is 113 Å². The largest absolute Gasteiger partial charge is 0.491 e. The number of benzene rings is 1. The lowest BCUT2D eigenvalue weighted by Crippen LogP contribution is -2.29. The number of hydrogen-bond donors (Lipinski definition) is 2.